The molecule has 0 saturated heterocycles. The highest BCUT2D eigenvalue weighted by Crippen LogP contribution is 2.24. The summed E-state index contributed by atoms with van der Waals surface area (Å²) in [6.45, 7) is 2.92. The Labute approximate surface area is 154 Å². The topological polar surface area (TPSA) is 56.0 Å². The molecule has 0 aliphatic rings. The molecular formula is C20H19N3O2S. The fourth-order valence-electron chi connectivity index (χ4n) is 3.28. The second-order valence-electron chi connectivity index (χ2n) is 6.14. The summed E-state index contributed by atoms with van der Waals surface area (Å²) in [6, 6.07) is 15.6. The summed E-state index contributed by atoms with van der Waals surface area (Å²) in [4.78, 5) is 25.0. The molecule has 0 radical (unpaired) electrons. The van der Waals surface area contributed by atoms with Gasteiger partial charge in [-0.15, -0.1) is 11.3 Å². The third-order valence-corrected chi connectivity index (χ3v) is 5.44. The molecule has 5 nitrogen and oxygen atoms in total. The standard InChI is InChI=1S/C20H19N3O2S/c1-2-22-16-5-3-4-6-17(16)23(20(22)25)11-9-19(24)21-15-7-8-18-14(13-15)10-12-26-18/h3-8,10,12-13H,2,9,11H2,1H3,(H,21,24). The van der Waals surface area contributed by atoms with Crippen molar-refractivity contribution in [2.24, 2.45) is 0 Å². The lowest BCUT2D eigenvalue weighted by Crippen LogP contribution is -2.25. The molecule has 0 spiro atoms. The zero-order valence-electron chi connectivity index (χ0n) is 14.4. The molecule has 0 fully saturated rings. The number of carbonyl (C=O) groups is 1. The fraction of sp³-hybridized carbons (Fsp3) is 0.200. The molecule has 0 saturated carbocycles. The van der Waals surface area contributed by atoms with Crippen LogP contribution in [0.1, 0.15) is 13.3 Å². The van der Waals surface area contributed by atoms with Crippen LogP contribution in [-0.4, -0.2) is 15.0 Å². The van der Waals surface area contributed by atoms with Gasteiger partial charge in [0.15, 0.2) is 0 Å². The van der Waals surface area contributed by atoms with Gasteiger partial charge in [0.25, 0.3) is 0 Å². The monoisotopic (exact) mass is 365 g/mol. The Kier molecular flexibility index (Phi) is 4.34. The van der Waals surface area contributed by atoms with Crippen LogP contribution in [-0.2, 0) is 17.9 Å². The third-order valence-electron chi connectivity index (χ3n) is 4.54. The minimum atomic E-state index is -0.0974. The molecular weight excluding hydrogens is 346 g/mol. The number of hydrogen-bond acceptors (Lipinski definition) is 3. The highest BCUT2D eigenvalue weighted by molar-refractivity contribution is 7.17. The Bertz CT molecular complexity index is 1150. The largest absolute Gasteiger partial charge is 0.329 e. The van der Waals surface area contributed by atoms with Crippen LogP contribution in [0.25, 0.3) is 21.1 Å². The number of amides is 1. The van der Waals surface area contributed by atoms with Crippen LogP contribution in [0.15, 0.2) is 58.7 Å². The number of anilines is 1. The van der Waals surface area contributed by atoms with Crippen molar-refractivity contribution >= 4 is 44.1 Å². The van der Waals surface area contributed by atoms with Crippen molar-refractivity contribution in [3.63, 3.8) is 0 Å². The van der Waals surface area contributed by atoms with Gasteiger partial charge in [0.1, 0.15) is 0 Å². The maximum Gasteiger partial charge on any atom is 0.329 e. The SMILES string of the molecule is CCn1c(=O)n(CCC(=O)Nc2ccc3sccc3c2)c2ccccc21. The minimum Gasteiger partial charge on any atom is -0.326 e. The van der Waals surface area contributed by atoms with Gasteiger partial charge in [-0.3, -0.25) is 13.9 Å². The van der Waals surface area contributed by atoms with Crippen LogP contribution in [0.5, 0.6) is 0 Å². The van der Waals surface area contributed by atoms with Crippen LogP contribution in [0.2, 0.25) is 0 Å². The van der Waals surface area contributed by atoms with E-state index in [0.717, 1.165) is 22.1 Å². The number of imidazole rings is 1. The van der Waals surface area contributed by atoms with Crippen LogP contribution in [0, 0.1) is 0 Å². The molecule has 0 atom stereocenters. The molecule has 2 heterocycles. The zero-order chi connectivity index (χ0) is 18.1. The Morgan fingerprint density at radius 2 is 1.85 bits per heavy atom. The van der Waals surface area contributed by atoms with Crippen LogP contribution in [0.3, 0.4) is 0 Å². The lowest BCUT2D eigenvalue weighted by Gasteiger charge is -2.06. The Hall–Kier alpha value is -2.86. The van der Waals surface area contributed by atoms with E-state index in [0.29, 0.717) is 13.1 Å². The molecule has 2 aromatic heterocycles. The van der Waals surface area contributed by atoms with Crippen LogP contribution < -0.4 is 11.0 Å². The summed E-state index contributed by atoms with van der Waals surface area (Å²) in [7, 11) is 0. The van der Waals surface area contributed by atoms with Crippen molar-refractivity contribution in [2.45, 2.75) is 26.4 Å². The number of benzene rings is 2. The maximum absolute atomic E-state index is 12.6. The molecule has 0 bridgehead atoms. The number of carbonyl (C=O) groups excluding carboxylic acids is 1. The summed E-state index contributed by atoms with van der Waals surface area (Å²) in [5, 5.41) is 6.08. The van der Waals surface area contributed by atoms with E-state index in [1.54, 1.807) is 20.5 Å². The minimum absolute atomic E-state index is 0.0683. The number of para-hydroxylation sites is 2. The first-order valence-electron chi connectivity index (χ1n) is 8.62. The van der Waals surface area contributed by atoms with E-state index in [2.05, 4.69) is 5.32 Å². The van der Waals surface area contributed by atoms with Crippen molar-refractivity contribution in [2.75, 3.05) is 5.32 Å². The van der Waals surface area contributed by atoms with Crippen molar-refractivity contribution in [3.05, 3.63) is 64.4 Å². The molecule has 6 heteroatoms. The smallest absolute Gasteiger partial charge is 0.326 e. The predicted molar refractivity (Wildman–Crippen MR) is 107 cm³/mol. The Morgan fingerprint density at radius 1 is 1.08 bits per heavy atom. The summed E-state index contributed by atoms with van der Waals surface area (Å²) in [6.07, 6.45) is 0.249. The first-order valence-corrected chi connectivity index (χ1v) is 9.50. The average molecular weight is 365 g/mol. The Balaban J connectivity index is 1.52. The van der Waals surface area contributed by atoms with Crippen molar-refractivity contribution < 1.29 is 4.79 Å². The van der Waals surface area contributed by atoms with Gasteiger partial charge in [0.05, 0.1) is 11.0 Å². The van der Waals surface area contributed by atoms with Crippen molar-refractivity contribution in [1.29, 1.82) is 0 Å². The van der Waals surface area contributed by atoms with E-state index in [4.69, 9.17) is 0 Å². The maximum atomic E-state index is 12.6. The number of thiophene rings is 1. The first kappa shape index (κ1) is 16.6. The quantitative estimate of drug-likeness (QED) is 0.580. The van der Waals surface area contributed by atoms with E-state index >= 15 is 0 Å². The lowest BCUT2D eigenvalue weighted by molar-refractivity contribution is -0.116. The highest BCUT2D eigenvalue weighted by Gasteiger charge is 2.13. The lowest BCUT2D eigenvalue weighted by atomic mass is 10.2. The normalized spacial score (nSPS) is 11.3. The molecule has 0 aliphatic heterocycles. The number of rotatable bonds is 5. The summed E-state index contributed by atoms with van der Waals surface area (Å²) < 4.78 is 4.61. The Morgan fingerprint density at radius 3 is 2.62 bits per heavy atom. The van der Waals surface area contributed by atoms with Gasteiger partial charge >= 0.3 is 5.69 Å². The summed E-state index contributed by atoms with van der Waals surface area (Å²) in [5.74, 6) is -0.0974. The number of nitrogens with one attached hydrogen (secondary N) is 1. The number of aryl methyl sites for hydroxylation is 2. The van der Waals surface area contributed by atoms with Crippen LogP contribution >= 0.6 is 11.3 Å². The molecule has 2 aromatic carbocycles. The van der Waals surface area contributed by atoms with Crippen LogP contribution in [0.4, 0.5) is 5.69 Å². The molecule has 4 rings (SSSR count). The predicted octanol–water partition coefficient (Wildman–Crippen LogP) is 4.07. The highest BCUT2D eigenvalue weighted by atomic mass is 32.1. The van der Waals surface area contributed by atoms with E-state index in [1.165, 1.54) is 4.70 Å². The zero-order valence-corrected chi connectivity index (χ0v) is 15.3. The molecule has 26 heavy (non-hydrogen) atoms. The summed E-state index contributed by atoms with van der Waals surface area (Å²) in [5.41, 5.74) is 2.49. The molecule has 1 N–H and O–H groups in total. The van der Waals surface area contributed by atoms with Gasteiger partial charge in [-0.05, 0) is 54.1 Å². The van der Waals surface area contributed by atoms with Gasteiger partial charge in [-0.25, -0.2) is 4.79 Å². The van der Waals surface area contributed by atoms with Gasteiger partial charge in [0.2, 0.25) is 5.91 Å². The molecule has 4 aromatic rings. The van der Waals surface area contributed by atoms with E-state index in [9.17, 15) is 9.59 Å². The molecule has 0 aliphatic carbocycles. The number of aromatic nitrogens is 2. The first-order chi connectivity index (χ1) is 12.7. The second kappa shape index (κ2) is 6.80. The molecule has 1 amide bonds. The average Bonchev–Trinajstić information content (AvgIpc) is 3.21. The van der Waals surface area contributed by atoms with Crippen molar-refractivity contribution in [1.82, 2.24) is 9.13 Å². The van der Waals surface area contributed by atoms with Gasteiger partial charge in [-0.1, -0.05) is 12.1 Å². The summed E-state index contributed by atoms with van der Waals surface area (Å²) >= 11 is 1.68. The van der Waals surface area contributed by atoms with Gasteiger partial charge < -0.3 is 5.32 Å². The fourth-order valence-corrected chi connectivity index (χ4v) is 4.05. The van der Waals surface area contributed by atoms with Gasteiger partial charge in [0, 0.05) is 29.9 Å². The number of fused-ring (bicyclic) bond motifs is 2. The molecule has 132 valence electrons. The molecule has 0 unspecified atom stereocenters. The van der Waals surface area contributed by atoms with E-state index < -0.39 is 0 Å². The van der Waals surface area contributed by atoms with Gasteiger partial charge in [-0.2, -0.15) is 0 Å². The second-order valence-corrected chi connectivity index (χ2v) is 7.09. The van der Waals surface area contributed by atoms with Crippen molar-refractivity contribution in [3.8, 4) is 0 Å². The third kappa shape index (κ3) is 2.93. The number of hydrogen-bond donors (Lipinski definition) is 1. The van der Waals surface area contributed by atoms with E-state index in [1.807, 2.05) is 60.8 Å². The van der Waals surface area contributed by atoms with E-state index in [-0.39, 0.29) is 18.0 Å². The number of nitrogens with zero attached hydrogens (tertiary/aromatic N) is 2.